The highest BCUT2D eigenvalue weighted by Gasteiger charge is 2.46. The van der Waals surface area contributed by atoms with Gasteiger partial charge in [0.25, 0.3) is 0 Å². The molecule has 0 aromatic carbocycles. The molecule has 0 amide bonds. The molecule has 2 N–H and O–H groups in total. The Morgan fingerprint density at radius 3 is 2.17 bits per heavy atom. The van der Waals surface area contributed by atoms with Gasteiger partial charge in [0.15, 0.2) is 0 Å². The van der Waals surface area contributed by atoms with Gasteiger partial charge in [-0.25, -0.2) is 0 Å². The summed E-state index contributed by atoms with van der Waals surface area (Å²) < 4.78 is 0. The first-order valence-corrected chi connectivity index (χ1v) is 7.76. The minimum atomic E-state index is 0.228. The maximum absolute atomic E-state index is 6.22. The minimum absolute atomic E-state index is 0.228. The molecule has 2 atom stereocenters. The molecule has 2 nitrogen and oxygen atoms in total. The summed E-state index contributed by atoms with van der Waals surface area (Å²) in [6, 6.07) is 0.678. The van der Waals surface area contributed by atoms with Crippen LogP contribution in [0.4, 0.5) is 0 Å². The van der Waals surface area contributed by atoms with Crippen molar-refractivity contribution in [2.45, 2.75) is 78.3 Å². The van der Waals surface area contributed by atoms with Gasteiger partial charge in [0.2, 0.25) is 0 Å². The SMILES string of the molecule is CCC(CC)N(C)C1(CN)CCC(C)(C)CC1C. The lowest BCUT2D eigenvalue weighted by Gasteiger charge is -2.54. The molecule has 1 saturated carbocycles. The number of hydrogen-bond acceptors (Lipinski definition) is 2. The Morgan fingerprint density at radius 2 is 1.78 bits per heavy atom. The number of likely N-dealkylation sites (N-methyl/N-ethyl adjacent to an activating group) is 1. The van der Waals surface area contributed by atoms with Crippen molar-refractivity contribution in [1.82, 2.24) is 4.90 Å². The molecule has 1 aliphatic rings. The molecule has 1 fully saturated rings. The zero-order valence-corrected chi connectivity index (χ0v) is 13.4. The average Bonchev–Trinajstić information content (AvgIpc) is 2.30. The molecule has 18 heavy (non-hydrogen) atoms. The predicted molar refractivity (Wildman–Crippen MR) is 80.7 cm³/mol. The van der Waals surface area contributed by atoms with Crippen LogP contribution in [0.1, 0.15) is 66.7 Å². The van der Waals surface area contributed by atoms with Gasteiger partial charge in [-0.15, -0.1) is 0 Å². The molecule has 0 spiro atoms. The lowest BCUT2D eigenvalue weighted by atomic mass is 9.63. The van der Waals surface area contributed by atoms with E-state index < -0.39 is 0 Å². The summed E-state index contributed by atoms with van der Waals surface area (Å²) in [6.07, 6.45) is 6.31. The second kappa shape index (κ2) is 5.92. The van der Waals surface area contributed by atoms with Crippen molar-refractivity contribution in [2.24, 2.45) is 17.1 Å². The minimum Gasteiger partial charge on any atom is -0.329 e. The van der Waals surface area contributed by atoms with Crippen LogP contribution in [0.3, 0.4) is 0 Å². The topological polar surface area (TPSA) is 29.3 Å². The van der Waals surface area contributed by atoms with Crippen molar-refractivity contribution in [2.75, 3.05) is 13.6 Å². The van der Waals surface area contributed by atoms with E-state index in [1.165, 1.54) is 32.1 Å². The number of hydrogen-bond donors (Lipinski definition) is 1. The van der Waals surface area contributed by atoms with Crippen molar-refractivity contribution in [3.05, 3.63) is 0 Å². The Balaban J connectivity index is 2.92. The van der Waals surface area contributed by atoms with Crippen LogP contribution in [-0.2, 0) is 0 Å². The summed E-state index contributed by atoms with van der Waals surface area (Å²) in [5, 5.41) is 0. The van der Waals surface area contributed by atoms with Crippen LogP contribution in [0.25, 0.3) is 0 Å². The highest BCUT2D eigenvalue weighted by atomic mass is 15.2. The Hall–Kier alpha value is -0.0800. The molecule has 0 bridgehead atoms. The zero-order chi connectivity index (χ0) is 14.0. The molecule has 0 aliphatic heterocycles. The second-order valence-electron chi connectivity index (χ2n) is 7.16. The van der Waals surface area contributed by atoms with Crippen LogP contribution < -0.4 is 5.73 Å². The fraction of sp³-hybridized carbons (Fsp3) is 1.00. The maximum atomic E-state index is 6.22. The molecule has 108 valence electrons. The zero-order valence-electron chi connectivity index (χ0n) is 13.4. The first-order chi connectivity index (χ1) is 8.33. The number of rotatable bonds is 5. The molecule has 0 aromatic heterocycles. The summed E-state index contributed by atoms with van der Waals surface area (Å²) in [4.78, 5) is 2.62. The van der Waals surface area contributed by atoms with Gasteiger partial charge in [-0.2, -0.15) is 0 Å². The summed E-state index contributed by atoms with van der Waals surface area (Å²) in [5.41, 5.74) is 6.94. The van der Waals surface area contributed by atoms with E-state index in [-0.39, 0.29) is 5.54 Å². The fourth-order valence-electron chi connectivity index (χ4n) is 4.09. The Labute approximate surface area is 114 Å². The van der Waals surface area contributed by atoms with E-state index in [0.29, 0.717) is 17.4 Å². The van der Waals surface area contributed by atoms with Crippen LogP contribution >= 0.6 is 0 Å². The van der Waals surface area contributed by atoms with Gasteiger partial charge in [-0.05, 0) is 50.5 Å². The van der Waals surface area contributed by atoms with Crippen LogP contribution in [0.5, 0.6) is 0 Å². The standard InChI is InChI=1S/C16H34N2/c1-7-14(8-2)18(6)16(12-17)10-9-15(4,5)11-13(16)3/h13-14H,7-12,17H2,1-6H3. The predicted octanol–water partition coefficient (Wildman–Crippen LogP) is 3.65. The van der Waals surface area contributed by atoms with Crippen LogP contribution in [0, 0.1) is 11.3 Å². The van der Waals surface area contributed by atoms with E-state index >= 15 is 0 Å². The summed E-state index contributed by atoms with van der Waals surface area (Å²) in [7, 11) is 2.30. The van der Waals surface area contributed by atoms with E-state index in [4.69, 9.17) is 5.73 Å². The lowest BCUT2D eigenvalue weighted by molar-refractivity contribution is -0.0320. The normalized spacial score (nSPS) is 32.2. The molecule has 1 rings (SSSR count). The Kier molecular flexibility index (Phi) is 5.25. The van der Waals surface area contributed by atoms with Crippen molar-refractivity contribution < 1.29 is 0 Å². The van der Waals surface area contributed by atoms with Gasteiger partial charge in [-0.3, -0.25) is 4.90 Å². The third-order valence-corrected chi connectivity index (χ3v) is 5.56. The molecular formula is C16H34N2. The van der Waals surface area contributed by atoms with Crippen LogP contribution in [0.15, 0.2) is 0 Å². The van der Waals surface area contributed by atoms with E-state index in [2.05, 4.69) is 46.6 Å². The van der Waals surface area contributed by atoms with Crippen LogP contribution in [0.2, 0.25) is 0 Å². The first-order valence-electron chi connectivity index (χ1n) is 7.76. The van der Waals surface area contributed by atoms with E-state index in [1.54, 1.807) is 0 Å². The summed E-state index contributed by atoms with van der Waals surface area (Å²) in [5.74, 6) is 0.692. The molecule has 2 heteroatoms. The maximum Gasteiger partial charge on any atom is 0.0357 e. The van der Waals surface area contributed by atoms with E-state index in [0.717, 1.165) is 6.54 Å². The third kappa shape index (κ3) is 2.91. The summed E-state index contributed by atoms with van der Waals surface area (Å²) >= 11 is 0. The van der Waals surface area contributed by atoms with E-state index in [1.807, 2.05) is 0 Å². The first kappa shape index (κ1) is 16.0. The highest BCUT2D eigenvalue weighted by Crippen LogP contribution is 2.46. The number of nitrogens with two attached hydrogens (primary N) is 1. The Bertz CT molecular complexity index is 258. The smallest absolute Gasteiger partial charge is 0.0357 e. The Morgan fingerprint density at radius 1 is 1.22 bits per heavy atom. The van der Waals surface area contributed by atoms with Gasteiger partial charge in [0.05, 0.1) is 0 Å². The van der Waals surface area contributed by atoms with Crippen molar-refractivity contribution >= 4 is 0 Å². The van der Waals surface area contributed by atoms with Gasteiger partial charge < -0.3 is 5.73 Å². The monoisotopic (exact) mass is 254 g/mol. The van der Waals surface area contributed by atoms with Gasteiger partial charge in [0.1, 0.15) is 0 Å². The summed E-state index contributed by atoms with van der Waals surface area (Å²) in [6.45, 7) is 12.6. The molecular weight excluding hydrogens is 220 g/mol. The molecule has 0 aromatic rings. The van der Waals surface area contributed by atoms with Crippen molar-refractivity contribution in [1.29, 1.82) is 0 Å². The van der Waals surface area contributed by atoms with Gasteiger partial charge >= 0.3 is 0 Å². The quantitative estimate of drug-likeness (QED) is 0.811. The lowest BCUT2D eigenvalue weighted by Crippen LogP contribution is -2.62. The largest absolute Gasteiger partial charge is 0.329 e. The van der Waals surface area contributed by atoms with Crippen molar-refractivity contribution in [3.8, 4) is 0 Å². The van der Waals surface area contributed by atoms with E-state index in [9.17, 15) is 0 Å². The van der Waals surface area contributed by atoms with Crippen molar-refractivity contribution in [3.63, 3.8) is 0 Å². The van der Waals surface area contributed by atoms with Gasteiger partial charge in [-0.1, -0.05) is 34.6 Å². The molecule has 0 heterocycles. The molecule has 2 unspecified atom stereocenters. The molecule has 0 radical (unpaired) electrons. The average molecular weight is 254 g/mol. The third-order valence-electron chi connectivity index (χ3n) is 5.56. The molecule has 1 aliphatic carbocycles. The number of nitrogens with zero attached hydrogens (tertiary/aromatic N) is 1. The van der Waals surface area contributed by atoms with Gasteiger partial charge in [0, 0.05) is 18.1 Å². The highest BCUT2D eigenvalue weighted by molar-refractivity contribution is 5.02. The van der Waals surface area contributed by atoms with Crippen LogP contribution in [-0.4, -0.2) is 30.1 Å². The fourth-order valence-corrected chi connectivity index (χ4v) is 4.09. The second-order valence-corrected chi connectivity index (χ2v) is 7.16. The molecule has 0 saturated heterocycles.